The third-order valence-electron chi connectivity index (χ3n) is 2.14. The van der Waals surface area contributed by atoms with E-state index in [4.69, 9.17) is 11.6 Å². The highest BCUT2D eigenvalue weighted by Crippen LogP contribution is 2.34. The minimum atomic E-state index is -4.76. The highest BCUT2D eigenvalue weighted by molar-refractivity contribution is 6.19. The molecule has 0 spiro atoms. The van der Waals surface area contributed by atoms with Crippen LogP contribution in [0.1, 0.15) is 22.3 Å². The Balaban J connectivity index is 3.22. The van der Waals surface area contributed by atoms with Crippen LogP contribution in [0.2, 0.25) is 0 Å². The number of hydrogen-bond donors (Lipinski definition) is 0. The van der Waals surface area contributed by atoms with E-state index in [-0.39, 0.29) is 12.3 Å². The molecule has 1 rings (SSSR count). The van der Waals surface area contributed by atoms with E-state index in [1.54, 1.807) is 0 Å². The van der Waals surface area contributed by atoms with Crippen LogP contribution in [-0.2, 0) is 6.18 Å². The van der Waals surface area contributed by atoms with Gasteiger partial charge in [-0.15, -0.1) is 11.6 Å². The summed E-state index contributed by atoms with van der Waals surface area (Å²) in [6.45, 7) is -3.19. The Morgan fingerprint density at radius 1 is 1.32 bits per heavy atom. The van der Waals surface area contributed by atoms with Gasteiger partial charge in [-0.25, -0.2) is 0 Å². The standard InChI is InChI=1S/C11H8ClF5O2/c12-4-3-9(18)7-5-6(19-10(13)14)1-2-8(7)11(15,16)17/h1-2,5,10H,3-4H2. The Morgan fingerprint density at radius 2 is 1.95 bits per heavy atom. The fraction of sp³-hybridized carbons (Fsp3) is 0.364. The van der Waals surface area contributed by atoms with Gasteiger partial charge < -0.3 is 4.74 Å². The molecule has 8 heteroatoms. The zero-order chi connectivity index (χ0) is 14.6. The second-order valence-electron chi connectivity index (χ2n) is 3.45. The van der Waals surface area contributed by atoms with Crippen LogP contribution in [0.5, 0.6) is 5.75 Å². The van der Waals surface area contributed by atoms with E-state index in [9.17, 15) is 26.7 Å². The fourth-order valence-electron chi connectivity index (χ4n) is 1.40. The number of carbonyl (C=O) groups is 1. The largest absolute Gasteiger partial charge is 0.435 e. The maximum atomic E-state index is 12.7. The quantitative estimate of drug-likeness (QED) is 0.464. The Hall–Kier alpha value is -1.37. The van der Waals surface area contributed by atoms with Crippen molar-refractivity contribution in [2.75, 3.05) is 5.88 Å². The van der Waals surface area contributed by atoms with Crippen LogP contribution >= 0.6 is 11.6 Å². The second-order valence-corrected chi connectivity index (χ2v) is 3.82. The molecule has 0 heterocycles. The van der Waals surface area contributed by atoms with E-state index in [2.05, 4.69) is 4.74 Å². The van der Waals surface area contributed by atoms with E-state index in [0.29, 0.717) is 12.1 Å². The molecule has 2 nitrogen and oxygen atoms in total. The Labute approximate surface area is 110 Å². The van der Waals surface area contributed by atoms with Gasteiger partial charge in [-0.2, -0.15) is 22.0 Å². The summed E-state index contributed by atoms with van der Waals surface area (Å²) in [7, 11) is 0. The molecule has 1 aromatic carbocycles. The SMILES string of the molecule is O=C(CCCl)c1cc(OC(F)F)ccc1C(F)(F)F. The molecule has 0 aliphatic carbocycles. The van der Waals surface area contributed by atoms with Crippen molar-refractivity contribution in [2.24, 2.45) is 0 Å². The third-order valence-corrected chi connectivity index (χ3v) is 2.33. The van der Waals surface area contributed by atoms with Gasteiger partial charge >= 0.3 is 12.8 Å². The first-order valence-electron chi connectivity index (χ1n) is 5.01. The van der Waals surface area contributed by atoms with Crippen LogP contribution in [0.25, 0.3) is 0 Å². The van der Waals surface area contributed by atoms with Crippen molar-refractivity contribution in [2.45, 2.75) is 19.2 Å². The number of hydrogen-bond acceptors (Lipinski definition) is 2. The molecule has 0 aliphatic rings. The van der Waals surface area contributed by atoms with Crippen molar-refractivity contribution < 1.29 is 31.5 Å². The average Bonchev–Trinajstić information content (AvgIpc) is 2.26. The molecule has 0 aliphatic heterocycles. The van der Waals surface area contributed by atoms with Gasteiger partial charge in [0.05, 0.1) is 5.56 Å². The maximum absolute atomic E-state index is 12.7. The molecule has 0 bridgehead atoms. The summed E-state index contributed by atoms with van der Waals surface area (Å²) in [6.07, 6.45) is -5.09. The van der Waals surface area contributed by atoms with Crippen LogP contribution in [-0.4, -0.2) is 18.3 Å². The molecule has 0 unspecified atom stereocenters. The number of alkyl halides is 6. The number of Topliss-reactive ketones (excluding diaryl/α,β-unsaturated/α-hetero) is 1. The molecular formula is C11H8ClF5O2. The summed E-state index contributed by atoms with van der Waals surface area (Å²) < 4.78 is 65.9. The molecule has 0 fully saturated rings. The van der Waals surface area contributed by atoms with Gasteiger partial charge in [0, 0.05) is 17.9 Å². The predicted molar refractivity (Wildman–Crippen MR) is 57.7 cm³/mol. The molecular weight excluding hydrogens is 295 g/mol. The average molecular weight is 303 g/mol. The normalized spacial score (nSPS) is 11.7. The lowest BCUT2D eigenvalue weighted by Gasteiger charge is -2.13. The number of carbonyl (C=O) groups excluding carboxylic acids is 1. The summed E-state index contributed by atoms with van der Waals surface area (Å²) in [5.74, 6) is -1.57. The Kier molecular flexibility index (Phi) is 5.11. The zero-order valence-electron chi connectivity index (χ0n) is 9.31. The van der Waals surface area contributed by atoms with Crippen molar-refractivity contribution in [1.82, 2.24) is 0 Å². The van der Waals surface area contributed by atoms with Crippen LogP contribution in [0.4, 0.5) is 22.0 Å². The van der Waals surface area contributed by atoms with Crippen molar-refractivity contribution in [3.63, 3.8) is 0 Å². The Bertz CT molecular complexity index is 459. The molecule has 0 amide bonds. The number of benzene rings is 1. The summed E-state index contributed by atoms with van der Waals surface area (Å²) in [5, 5.41) is 0. The first-order valence-corrected chi connectivity index (χ1v) is 5.54. The monoisotopic (exact) mass is 302 g/mol. The van der Waals surface area contributed by atoms with E-state index < -0.39 is 35.4 Å². The molecule has 0 radical (unpaired) electrons. The predicted octanol–water partition coefficient (Wildman–Crippen LogP) is 4.12. The smallest absolute Gasteiger partial charge is 0.417 e. The first-order chi connectivity index (χ1) is 8.75. The van der Waals surface area contributed by atoms with Gasteiger partial charge in [0.15, 0.2) is 5.78 Å². The lowest BCUT2D eigenvalue weighted by atomic mass is 10.0. The van der Waals surface area contributed by atoms with E-state index >= 15 is 0 Å². The first kappa shape index (κ1) is 15.7. The third kappa shape index (κ3) is 4.34. The summed E-state index contributed by atoms with van der Waals surface area (Å²) in [6, 6.07) is 1.90. The second kappa shape index (κ2) is 6.18. The van der Waals surface area contributed by atoms with Crippen LogP contribution in [0.15, 0.2) is 18.2 Å². The summed E-state index contributed by atoms with van der Waals surface area (Å²) >= 11 is 5.28. The van der Waals surface area contributed by atoms with Crippen molar-refractivity contribution >= 4 is 17.4 Å². The van der Waals surface area contributed by atoms with Crippen LogP contribution in [0, 0.1) is 0 Å². The fourth-order valence-corrected chi connectivity index (χ4v) is 1.57. The minimum absolute atomic E-state index is 0.171. The van der Waals surface area contributed by atoms with Gasteiger partial charge in [0.1, 0.15) is 5.75 Å². The molecule has 0 saturated heterocycles. The number of ether oxygens (including phenoxy) is 1. The highest BCUT2D eigenvalue weighted by atomic mass is 35.5. The molecule has 19 heavy (non-hydrogen) atoms. The van der Waals surface area contributed by atoms with Gasteiger partial charge in [0.2, 0.25) is 0 Å². The molecule has 0 aromatic heterocycles. The van der Waals surface area contributed by atoms with Gasteiger partial charge in [-0.3, -0.25) is 4.79 Å². The maximum Gasteiger partial charge on any atom is 0.417 e. The van der Waals surface area contributed by atoms with Crippen LogP contribution < -0.4 is 4.74 Å². The lowest BCUT2D eigenvalue weighted by Crippen LogP contribution is -2.14. The van der Waals surface area contributed by atoms with Gasteiger partial charge in [-0.1, -0.05) is 0 Å². The molecule has 106 valence electrons. The van der Waals surface area contributed by atoms with E-state index in [1.807, 2.05) is 0 Å². The topological polar surface area (TPSA) is 26.3 Å². The summed E-state index contributed by atoms with van der Waals surface area (Å²) in [5.41, 5.74) is -1.93. The molecule has 0 atom stereocenters. The van der Waals surface area contributed by atoms with E-state index in [0.717, 1.165) is 6.07 Å². The van der Waals surface area contributed by atoms with Crippen LogP contribution in [0.3, 0.4) is 0 Å². The molecule has 0 saturated carbocycles. The number of halogens is 6. The minimum Gasteiger partial charge on any atom is -0.435 e. The summed E-state index contributed by atoms with van der Waals surface area (Å²) in [4.78, 5) is 11.5. The van der Waals surface area contributed by atoms with Gasteiger partial charge in [-0.05, 0) is 18.2 Å². The Morgan fingerprint density at radius 3 is 2.42 bits per heavy atom. The number of ketones is 1. The van der Waals surface area contributed by atoms with Crippen molar-refractivity contribution in [1.29, 1.82) is 0 Å². The number of rotatable bonds is 5. The van der Waals surface area contributed by atoms with Crippen molar-refractivity contribution in [3.05, 3.63) is 29.3 Å². The lowest BCUT2D eigenvalue weighted by molar-refractivity contribution is -0.137. The zero-order valence-corrected chi connectivity index (χ0v) is 10.1. The van der Waals surface area contributed by atoms with Gasteiger partial charge in [0.25, 0.3) is 0 Å². The molecule has 1 aromatic rings. The molecule has 0 N–H and O–H groups in total. The van der Waals surface area contributed by atoms with E-state index in [1.165, 1.54) is 0 Å². The van der Waals surface area contributed by atoms with Crippen molar-refractivity contribution in [3.8, 4) is 5.75 Å². The highest BCUT2D eigenvalue weighted by Gasteiger charge is 2.35.